The summed E-state index contributed by atoms with van der Waals surface area (Å²) in [7, 11) is -2.52. The van der Waals surface area contributed by atoms with Crippen LogP contribution in [0.2, 0.25) is 0 Å². The second kappa shape index (κ2) is 5.19. The number of halogens is 1. The minimum Gasteiger partial charge on any atom is -0.295 e. The Balaban J connectivity index is 2.25. The van der Waals surface area contributed by atoms with Crippen LogP contribution in [-0.2, 0) is 22.5 Å². The molecular formula is C14H14FN5O3S2. The number of sulfonamides is 1. The number of aryl methyl sites for hydroxylation is 1. The summed E-state index contributed by atoms with van der Waals surface area (Å²) in [6, 6.07) is 2.85. The molecule has 1 aliphatic rings. The van der Waals surface area contributed by atoms with Crippen LogP contribution in [0.5, 0.6) is 0 Å². The van der Waals surface area contributed by atoms with Gasteiger partial charge in [0.05, 0.1) is 22.6 Å². The Morgan fingerprint density at radius 2 is 2.12 bits per heavy atom. The lowest BCUT2D eigenvalue weighted by Crippen LogP contribution is -2.23. The quantitative estimate of drug-likeness (QED) is 0.717. The Hall–Kier alpha value is -2.11. The SMILES string of the molecule is Cn1c(=O)n(-c2ncns2)c2c(C3(CF)CC3)c(S(N)(=O)=O)ccc21. The molecule has 0 bridgehead atoms. The summed E-state index contributed by atoms with van der Waals surface area (Å²) in [5, 5.41) is 5.66. The third kappa shape index (κ3) is 2.26. The summed E-state index contributed by atoms with van der Waals surface area (Å²) in [6.07, 6.45) is 2.28. The zero-order valence-corrected chi connectivity index (χ0v) is 14.8. The van der Waals surface area contributed by atoms with Crippen LogP contribution in [0.4, 0.5) is 4.39 Å². The van der Waals surface area contributed by atoms with Crippen molar-refractivity contribution < 1.29 is 12.8 Å². The summed E-state index contributed by atoms with van der Waals surface area (Å²) < 4.78 is 44.6. The fourth-order valence-corrected chi connectivity index (χ4v) is 4.59. The third-order valence-electron chi connectivity index (χ3n) is 4.67. The molecular weight excluding hydrogens is 369 g/mol. The van der Waals surface area contributed by atoms with E-state index in [1.54, 1.807) is 7.05 Å². The number of primary sulfonamides is 1. The van der Waals surface area contributed by atoms with E-state index in [-0.39, 0.29) is 15.6 Å². The molecule has 2 heterocycles. The number of rotatable bonds is 4. The van der Waals surface area contributed by atoms with Crippen LogP contribution in [0, 0.1) is 0 Å². The maximum Gasteiger partial charge on any atom is 0.335 e. The molecule has 2 N–H and O–H groups in total. The van der Waals surface area contributed by atoms with Gasteiger partial charge in [0.1, 0.15) is 6.33 Å². The van der Waals surface area contributed by atoms with Gasteiger partial charge in [-0.25, -0.2) is 27.9 Å². The monoisotopic (exact) mass is 383 g/mol. The number of imidazole rings is 1. The van der Waals surface area contributed by atoms with Gasteiger partial charge < -0.3 is 0 Å². The molecule has 2 aromatic heterocycles. The van der Waals surface area contributed by atoms with E-state index in [1.165, 1.54) is 27.6 Å². The highest BCUT2D eigenvalue weighted by Crippen LogP contribution is 2.52. The van der Waals surface area contributed by atoms with Crippen molar-refractivity contribution in [2.75, 3.05) is 6.67 Å². The molecule has 1 fully saturated rings. The van der Waals surface area contributed by atoms with Gasteiger partial charge in [-0.05, 0) is 25.0 Å². The average molecular weight is 383 g/mol. The topological polar surface area (TPSA) is 113 Å². The maximum atomic E-state index is 13.8. The van der Waals surface area contributed by atoms with Gasteiger partial charge in [0.15, 0.2) is 0 Å². The molecule has 11 heteroatoms. The van der Waals surface area contributed by atoms with Crippen molar-refractivity contribution in [2.24, 2.45) is 12.2 Å². The van der Waals surface area contributed by atoms with E-state index >= 15 is 0 Å². The normalized spacial score (nSPS) is 16.4. The summed E-state index contributed by atoms with van der Waals surface area (Å²) in [6.45, 7) is -0.728. The number of aromatic nitrogens is 4. The van der Waals surface area contributed by atoms with Crippen molar-refractivity contribution in [3.63, 3.8) is 0 Å². The molecule has 1 aliphatic carbocycles. The third-order valence-corrected chi connectivity index (χ3v) is 6.27. The predicted molar refractivity (Wildman–Crippen MR) is 90.2 cm³/mol. The van der Waals surface area contributed by atoms with Crippen LogP contribution in [0.1, 0.15) is 18.4 Å². The Labute approximate surface area is 145 Å². The Kier molecular flexibility index (Phi) is 3.40. The van der Waals surface area contributed by atoms with E-state index in [1.807, 2.05) is 0 Å². The number of hydrogen-bond donors (Lipinski definition) is 1. The molecule has 1 aromatic carbocycles. The molecule has 0 unspecified atom stereocenters. The molecule has 0 saturated heterocycles. The highest BCUT2D eigenvalue weighted by Gasteiger charge is 2.49. The number of alkyl halides is 1. The van der Waals surface area contributed by atoms with Gasteiger partial charge in [-0.1, -0.05) is 0 Å². The zero-order valence-electron chi connectivity index (χ0n) is 13.1. The minimum atomic E-state index is -4.09. The van der Waals surface area contributed by atoms with Crippen LogP contribution >= 0.6 is 11.5 Å². The Bertz CT molecular complexity index is 1140. The molecule has 132 valence electrons. The molecule has 0 amide bonds. The van der Waals surface area contributed by atoms with Crippen molar-refractivity contribution in [2.45, 2.75) is 23.2 Å². The van der Waals surface area contributed by atoms with E-state index in [0.29, 0.717) is 23.9 Å². The Morgan fingerprint density at radius 3 is 2.64 bits per heavy atom. The average Bonchev–Trinajstić information content (AvgIpc) is 3.10. The van der Waals surface area contributed by atoms with Crippen LogP contribution in [0.3, 0.4) is 0 Å². The smallest absolute Gasteiger partial charge is 0.295 e. The number of nitrogens with two attached hydrogens (primary N) is 1. The van der Waals surface area contributed by atoms with Crippen LogP contribution < -0.4 is 10.8 Å². The molecule has 1 saturated carbocycles. The molecule has 3 aromatic rings. The van der Waals surface area contributed by atoms with Gasteiger partial charge in [0.25, 0.3) is 0 Å². The molecule has 0 aliphatic heterocycles. The molecule has 0 atom stereocenters. The van der Waals surface area contributed by atoms with Crippen LogP contribution in [0.25, 0.3) is 16.2 Å². The largest absolute Gasteiger partial charge is 0.335 e. The van der Waals surface area contributed by atoms with E-state index < -0.39 is 27.8 Å². The first kappa shape index (κ1) is 16.4. The molecule has 0 spiro atoms. The van der Waals surface area contributed by atoms with Gasteiger partial charge in [-0.15, -0.1) is 0 Å². The lowest BCUT2D eigenvalue weighted by Gasteiger charge is -2.17. The summed E-state index contributed by atoms with van der Waals surface area (Å²) in [5.41, 5.74) is -0.285. The number of benzene rings is 1. The second-order valence-electron chi connectivity index (χ2n) is 6.17. The van der Waals surface area contributed by atoms with Gasteiger partial charge >= 0.3 is 5.69 Å². The summed E-state index contributed by atoms with van der Waals surface area (Å²) in [5.74, 6) is 0. The lowest BCUT2D eigenvalue weighted by molar-refractivity contribution is 0.415. The maximum absolute atomic E-state index is 13.8. The first-order valence-electron chi connectivity index (χ1n) is 7.41. The molecule has 0 radical (unpaired) electrons. The fourth-order valence-electron chi connectivity index (χ4n) is 3.20. The van der Waals surface area contributed by atoms with Gasteiger partial charge in [-0.2, -0.15) is 4.37 Å². The predicted octanol–water partition coefficient (Wildman–Crippen LogP) is 0.829. The van der Waals surface area contributed by atoms with Crippen molar-refractivity contribution in [3.05, 3.63) is 34.5 Å². The van der Waals surface area contributed by atoms with Crippen molar-refractivity contribution in [3.8, 4) is 5.13 Å². The van der Waals surface area contributed by atoms with E-state index in [0.717, 1.165) is 11.5 Å². The lowest BCUT2D eigenvalue weighted by atomic mass is 9.95. The minimum absolute atomic E-state index is 0.154. The first-order valence-corrected chi connectivity index (χ1v) is 9.73. The van der Waals surface area contributed by atoms with Gasteiger partial charge in [-0.3, -0.25) is 8.96 Å². The van der Waals surface area contributed by atoms with Crippen LogP contribution in [0.15, 0.2) is 28.2 Å². The second-order valence-corrected chi connectivity index (χ2v) is 8.45. The Morgan fingerprint density at radius 1 is 1.40 bits per heavy atom. The number of nitrogens with zero attached hydrogens (tertiary/aromatic N) is 4. The number of hydrogen-bond acceptors (Lipinski definition) is 6. The summed E-state index contributed by atoms with van der Waals surface area (Å²) in [4.78, 5) is 16.6. The fraction of sp³-hybridized carbons (Fsp3) is 0.357. The zero-order chi connectivity index (χ0) is 18.0. The van der Waals surface area contributed by atoms with Crippen LogP contribution in [-0.4, -0.2) is 33.6 Å². The van der Waals surface area contributed by atoms with Crippen molar-refractivity contribution >= 4 is 32.6 Å². The number of fused-ring (bicyclic) bond motifs is 1. The molecule has 8 nitrogen and oxygen atoms in total. The molecule has 25 heavy (non-hydrogen) atoms. The van der Waals surface area contributed by atoms with Crippen molar-refractivity contribution in [1.82, 2.24) is 18.5 Å². The van der Waals surface area contributed by atoms with Crippen molar-refractivity contribution in [1.29, 1.82) is 0 Å². The highest BCUT2D eigenvalue weighted by atomic mass is 32.2. The van der Waals surface area contributed by atoms with E-state index in [4.69, 9.17) is 5.14 Å². The summed E-state index contributed by atoms with van der Waals surface area (Å²) >= 11 is 0.993. The van der Waals surface area contributed by atoms with Gasteiger partial charge in [0.2, 0.25) is 15.2 Å². The standard InChI is InChI=1S/C14H14FN5O3S2/c1-19-8-2-3-9(25(16,22)23)10(14(6-15)4-5-14)11(8)20(13(19)21)12-17-7-18-24-12/h2-3,7H,4-6H2,1H3,(H2,16,22,23). The van der Waals surface area contributed by atoms with E-state index in [2.05, 4.69) is 9.36 Å². The van der Waals surface area contributed by atoms with Gasteiger partial charge in [0, 0.05) is 29.6 Å². The highest BCUT2D eigenvalue weighted by molar-refractivity contribution is 7.89. The first-order chi connectivity index (χ1) is 11.8. The van der Waals surface area contributed by atoms with E-state index in [9.17, 15) is 17.6 Å². The molecule has 4 rings (SSSR count).